The molecule has 0 bridgehead atoms. The Morgan fingerprint density at radius 3 is 2.77 bits per heavy atom. The van der Waals surface area contributed by atoms with Gasteiger partial charge in [0.15, 0.2) is 0 Å². The predicted octanol–water partition coefficient (Wildman–Crippen LogP) is 3.04. The number of hydrogen-bond donors (Lipinski definition) is 2. The molecule has 0 atom stereocenters. The van der Waals surface area contributed by atoms with Gasteiger partial charge in [-0.3, -0.25) is 4.79 Å². The summed E-state index contributed by atoms with van der Waals surface area (Å²) in [4.78, 5) is 11.8. The van der Waals surface area contributed by atoms with Gasteiger partial charge in [0.25, 0.3) is 0 Å². The fourth-order valence-electron chi connectivity index (χ4n) is 1.83. The topological polar surface area (TPSA) is 63.5 Å². The third-order valence-corrected chi connectivity index (χ3v) is 2.94. The molecular formula is C17H22N2O3. The Labute approximate surface area is 130 Å². The standard InChI is InChI=1S/C17H22N2O3/c1-13(2)12-22-16-8-4-3-7-15(16)18-11-17(20)19-10-14-6-5-9-21-14/h3-9,13,18H,10-12H2,1-2H3,(H,19,20). The fraction of sp³-hybridized carbons (Fsp3) is 0.353. The number of benzene rings is 1. The van der Waals surface area contributed by atoms with Gasteiger partial charge in [0.2, 0.25) is 5.91 Å². The van der Waals surface area contributed by atoms with E-state index < -0.39 is 0 Å². The maximum absolute atomic E-state index is 11.8. The summed E-state index contributed by atoms with van der Waals surface area (Å²) < 4.78 is 10.9. The highest BCUT2D eigenvalue weighted by atomic mass is 16.5. The molecule has 0 aliphatic rings. The van der Waals surface area contributed by atoms with Crippen LogP contribution < -0.4 is 15.4 Å². The SMILES string of the molecule is CC(C)COc1ccccc1NCC(=O)NCc1ccco1. The molecule has 1 aromatic heterocycles. The van der Waals surface area contributed by atoms with Crippen molar-refractivity contribution < 1.29 is 13.9 Å². The number of carbonyl (C=O) groups excluding carboxylic acids is 1. The molecule has 0 aliphatic heterocycles. The first-order valence-corrected chi connectivity index (χ1v) is 7.40. The second-order valence-corrected chi connectivity index (χ2v) is 5.41. The molecule has 2 rings (SSSR count). The Bertz CT molecular complexity index is 579. The lowest BCUT2D eigenvalue weighted by molar-refractivity contribution is -0.119. The lowest BCUT2D eigenvalue weighted by atomic mass is 10.2. The lowest BCUT2D eigenvalue weighted by Crippen LogP contribution is -2.29. The molecule has 0 radical (unpaired) electrons. The molecule has 1 amide bonds. The molecule has 0 saturated carbocycles. The molecule has 118 valence electrons. The summed E-state index contributed by atoms with van der Waals surface area (Å²) in [6.45, 7) is 5.40. The summed E-state index contributed by atoms with van der Waals surface area (Å²) in [6, 6.07) is 11.2. The van der Waals surface area contributed by atoms with Crippen LogP contribution in [0, 0.1) is 5.92 Å². The summed E-state index contributed by atoms with van der Waals surface area (Å²) in [5, 5.41) is 5.89. The Morgan fingerprint density at radius 1 is 1.23 bits per heavy atom. The van der Waals surface area contributed by atoms with Crippen LogP contribution in [0.25, 0.3) is 0 Å². The number of anilines is 1. The first kappa shape index (κ1) is 15.9. The van der Waals surface area contributed by atoms with E-state index in [9.17, 15) is 4.79 Å². The summed E-state index contributed by atoms with van der Waals surface area (Å²) in [5.41, 5.74) is 0.816. The minimum absolute atomic E-state index is 0.102. The number of carbonyl (C=O) groups is 1. The molecule has 0 aliphatic carbocycles. The van der Waals surface area contributed by atoms with Crippen molar-refractivity contribution in [3.05, 3.63) is 48.4 Å². The van der Waals surface area contributed by atoms with Crippen LogP contribution in [0.5, 0.6) is 5.75 Å². The van der Waals surface area contributed by atoms with Gasteiger partial charge < -0.3 is 19.8 Å². The molecule has 0 spiro atoms. The second-order valence-electron chi connectivity index (χ2n) is 5.41. The lowest BCUT2D eigenvalue weighted by Gasteiger charge is -2.14. The second kappa shape index (κ2) is 8.12. The van der Waals surface area contributed by atoms with Crippen molar-refractivity contribution in [2.75, 3.05) is 18.5 Å². The molecule has 2 N–H and O–H groups in total. The Balaban J connectivity index is 1.81. The van der Waals surface area contributed by atoms with Gasteiger partial charge in [-0.1, -0.05) is 26.0 Å². The van der Waals surface area contributed by atoms with Crippen molar-refractivity contribution in [3.63, 3.8) is 0 Å². The normalized spacial score (nSPS) is 10.5. The van der Waals surface area contributed by atoms with Crippen molar-refractivity contribution in [2.45, 2.75) is 20.4 Å². The van der Waals surface area contributed by atoms with E-state index in [2.05, 4.69) is 24.5 Å². The van der Waals surface area contributed by atoms with Gasteiger partial charge in [-0.15, -0.1) is 0 Å². The van der Waals surface area contributed by atoms with Crippen molar-refractivity contribution in [3.8, 4) is 5.75 Å². The zero-order chi connectivity index (χ0) is 15.8. The summed E-state index contributed by atoms with van der Waals surface area (Å²) >= 11 is 0. The first-order valence-electron chi connectivity index (χ1n) is 7.40. The van der Waals surface area contributed by atoms with E-state index in [0.29, 0.717) is 19.1 Å². The van der Waals surface area contributed by atoms with E-state index in [4.69, 9.17) is 9.15 Å². The summed E-state index contributed by atoms with van der Waals surface area (Å²) in [6.07, 6.45) is 1.59. The van der Waals surface area contributed by atoms with Gasteiger partial charge in [-0.25, -0.2) is 0 Å². The third-order valence-electron chi connectivity index (χ3n) is 2.94. The van der Waals surface area contributed by atoms with Crippen LogP contribution in [0.2, 0.25) is 0 Å². The average molecular weight is 302 g/mol. The maximum atomic E-state index is 11.8. The van der Waals surface area contributed by atoms with E-state index >= 15 is 0 Å². The van der Waals surface area contributed by atoms with Crippen LogP contribution in [0.3, 0.4) is 0 Å². The summed E-state index contributed by atoms with van der Waals surface area (Å²) in [5.74, 6) is 1.84. The number of nitrogens with one attached hydrogen (secondary N) is 2. The largest absolute Gasteiger partial charge is 0.491 e. The molecule has 5 heteroatoms. The maximum Gasteiger partial charge on any atom is 0.239 e. The zero-order valence-corrected chi connectivity index (χ0v) is 13.0. The van der Waals surface area contributed by atoms with Crippen molar-refractivity contribution >= 4 is 11.6 Å². The predicted molar refractivity (Wildman–Crippen MR) is 85.8 cm³/mol. The van der Waals surface area contributed by atoms with E-state index in [1.807, 2.05) is 30.3 Å². The van der Waals surface area contributed by atoms with Gasteiger partial charge >= 0.3 is 0 Å². The van der Waals surface area contributed by atoms with Gasteiger partial charge in [0.1, 0.15) is 11.5 Å². The number of ether oxygens (including phenoxy) is 1. The van der Waals surface area contributed by atoms with Crippen molar-refractivity contribution in [2.24, 2.45) is 5.92 Å². The Morgan fingerprint density at radius 2 is 2.05 bits per heavy atom. The highest BCUT2D eigenvalue weighted by Gasteiger charge is 2.07. The monoisotopic (exact) mass is 302 g/mol. The van der Waals surface area contributed by atoms with Crippen LogP contribution in [0.1, 0.15) is 19.6 Å². The van der Waals surface area contributed by atoms with Gasteiger partial charge in [0, 0.05) is 0 Å². The molecule has 0 unspecified atom stereocenters. The highest BCUT2D eigenvalue weighted by Crippen LogP contribution is 2.23. The highest BCUT2D eigenvalue weighted by molar-refractivity contribution is 5.81. The van der Waals surface area contributed by atoms with Gasteiger partial charge in [-0.2, -0.15) is 0 Å². The van der Waals surface area contributed by atoms with Crippen molar-refractivity contribution in [1.82, 2.24) is 5.32 Å². The van der Waals surface area contributed by atoms with Gasteiger partial charge in [0.05, 0.1) is 31.6 Å². The first-order chi connectivity index (χ1) is 10.6. The minimum atomic E-state index is -0.102. The van der Waals surface area contributed by atoms with E-state index in [1.165, 1.54) is 0 Å². The molecule has 1 aromatic carbocycles. The third kappa shape index (κ3) is 5.16. The quantitative estimate of drug-likeness (QED) is 0.786. The summed E-state index contributed by atoms with van der Waals surface area (Å²) in [7, 11) is 0. The number of hydrogen-bond acceptors (Lipinski definition) is 4. The smallest absolute Gasteiger partial charge is 0.239 e. The number of para-hydroxylation sites is 2. The van der Waals surface area contributed by atoms with Crippen LogP contribution in [-0.2, 0) is 11.3 Å². The fourth-order valence-corrected chi connectivity index (χ4v) is 1.83. The van der Waals surface area contributed by atoms with E-state index in [1.54, 1.807) is 12.3 Å². The number of furan rings is 1. The molecule has 0 fully saturated rings. The van der Waals surface area contributed by atoms with Crippen LogP contribution >= 0.6 is 0 Å². The van der Waals surface area contributed by atoms with E-state index in [0.717, 1.165) is 17.2 Å². The molecule has 2 aromatic rings. The van der Waals surface area contributed by atoms with Crippen LogP contribution in [0.4, 0.5) is 5.69 Å². The molecule has 5 nitrogen and oxygen atoms in total. The van der Waals surface area contributed by atoms with Crippen LogP contribution in [0.15, 0.2) is 47.1 Å². The van der Waals surface area contributed by atoms with Crippen molar-refractivity contribution in [1.29, 1.82) is 0 Å². The minimum Gasteiger partial charge on any atom is -0.491 e. The van der Waals surface area contributed by atoms with E-state index in [-0.39, 0.29) is 12.5 Å². The molecule has 22 heavy (non-hydrogen) atoms. The Hall–Kier alpha value is -2.43. The number of amides is 1. The average Bonchev–Trinajstić information content (AvgIpc) is 3.03. The van der Waals surface area contributed by atoms with Crippen LogP contribution in [-0.4, -0.2) is 19.1 Å². The number of rotatable bonds is 8. The zero-order valence-electron chi connectivity index (χ0n) is 13.0. The molecular weight excluding hydrogens is 280 g/mol. The molecule has 1 heterocycles. The van der Waals surface area contributed by atoms with Gasteiger partial charge in [-0.05, 0) is 30.2 Å². The Kier molecular flexibility index (Phi) is 5.89. The molecule has 0 saturated heterocycles.